The first kappa shape index (κ1) is 20.2. The van der Waals surface area contributed by atoms with Crippen molar-refractivity contribution in [2.24, 2.45) is 5.41 Å². The Labute approximate surface area is 169 Å². The lowest BCUT2D eigenvalue weighted by Gasteiger charge is -2.32. The molecule has 1 aromatic rings. The van der Waals surface area contributed by atoms with E-state index in [0.29, 0.717) is 17.2 Å². The van der Waals surface area contributed by atoms with Crippen LogP contribution in [0.15, 0.2) is 12.1 Å². The van der Waals surface area contributed by atoms with E-state index < -0.39 is 11.6 Å². The van der Waals surface area contributed by atoms with Crippen molar-refractivity contribution in [3.63, 3.8) is 0 Å². The van der Waals surface area contributed by atoms with Crippen LogP contribution < -0.4 is 4.74 Å². The van der Waals surface area contributed by atoms with Crippen molar-refractivity contribution < 1.29 is 19.1 Å². The molecule has 3 rings (SSSR count). The summed E-state index contributed by atoms with van der Waals surface area (Å²) in [4.78, 5) is 23.9. The van der Waals surface area contributed by atoms with Crippen molar-refractivity contribution in [2.75, 3.05) is 6.61 Å². The first-order valence-electron chi connectivity index (χ1n) is 9.17. The van der Waals surface area contributed by atoms with Crippen LogP contribution in [0.2, 0.25) is 10.0 Å². The predicted octanol–water partition coefficient (Wildman–Crippen LogP) is 5.41. The lowest BCUT2D eigenvalue weighted by molar-refractivity contribution is -0.157. The lowest BCUT2D eigenvalue weighted by atomic mass is 9.71. The van der Waals surface area contributed by atoms with Gasteiger partial charge in [0.2, 0.25) is 0 Å². The van der Waals surface area contributed by atoms with Gasteiger partial charge in [-0.3, -0.25) is 4.79 Å². The molecule has 1 unspecified atom stereocenters. The van der Waals surface area contributed by atoms with Gasteiger partial charge in [-0.15, -0.1) is 0 Å². The molecule has 0 aromatic heterocycles. The van der Waals surface area contributed by atoms with Gasteiger partial charge in [-0.1, -0.05) is 30.1 Å². The molecule has 27 heavy (non-hydrogen) atoms. The molecule has 6 heteroatoms. The summed E-state index contributed by atoms with van der Waals surface area (Å²) in [6, 6.07) is 1.84. The number of fused-ring (bicyclic) bond motifs is 3. The number of hydrogen-bond donors (Lipinski definition) is 0. The number of hydrogen-bond acceptors (Lipinski definition) is 4. The zero-order valence-corrected chi connectivity index (χ0v) is 17.6. The van der Waals surface area contributed by atoms with Crippen molar-refractivity contribution in [3.05, 3.63) is 33.3 Å². The van der Waals surface area contributed by atoms with E-state index >= 15 is 0 Å². The van der Waals surface area contributed by atoms with E-state index in [-0.39, 0.29) is 22.8 Å². The van der Waals surface area contributed by atoms with Crippen LogP contribution >= 0.6 is 23.2 Å². The first-order valence-corrected chi connectivity index (χ1v) is 9.93. The number of allylic oxidation sites excluding steroid dienone is 2. The molecular formula is C21H24Cl2O4. The van der Waals surface area contributed by atoms with Crippen LogP contribution in [-0.2, 0) is 20.7 Å². The number of ether oxygens (including phenoxy) is 2. The third-order valence-corrected chi connectivity index (χ3v) is 6.07. The Kier molecular flexibility index (Phi) is 5.35. The lowest BCUT2D eigenvalue weighted by Crippen LogP contribution is -2.27. The SMILES string of the molecule is CCC12CCC(=O)C=C1c1c(cc(OCC(=O)OC(C)(C)C)c(Cl)c1Cl)C2. The second kappa shape index (κ2) is 7.14. The average Bonchev–Trinajstić information content (AvgIpc) is 2.89. The van der Waals surface area contributed by atoms with Crippen LogP contribution in [0.1, 0.15) is 58.1 Å². The molecule has 2 aliphatic carbocycles. The molecule has 0 heterocycles. The van der Waals surface area contributed by atoms with Gasteiger partial charge in [0, 0.05) is 17.4 Å². The van der Waals surface area contributed by atoms with Gasteiger partial charge < -0.3 is 9.47 Å². The Morgan fingerprint density at radius 1 is 1.26 bits per heavy atom. The molecule has 146 valence electrons. The van der Waals surface area contributed by atoms with E-state index in [0.717, 1.165) is 36.0 Å². The van der Waals surface area contributed by atoms with Gasteiger partial charge in [-0.2, -0.15) is 0 Å². The fourth-order valence-electron chi connectivity index (χ4n) is 3.96. The summed E-state index contributed by atoms with van der Waals surface area (Å²) < 4.78 is 10.9. The van der Waals surface area contributed by atoms with Gasteiger partial charge in [0.1, 0.15) is 16.4 Å². The monoisotopic (exact) mass is 410 g/mol. The molecule has 0 radical (unpaired) electrons. The second-order valence-corrected chi connectivity index (χ2v) is 9.00. The largest absolute Gasteiger partial charge is 0.480 e. The van der Waals surface area contributed by atoms with Crippen LogP contribution in [-0.4, -0.2) is 24.0 Å². The maximum absolute atomic E-state index is 12.0. The Hall–Kier alpha value is -1.52. The minimum absolute atomic E-state index is 0.0764. The molecule has 0 amide bonds. The topological polar surface area (TPSA) is 52.6 Å². The van der Waals surface area contributed by atoms with Crippen molar-refractivity contribution in [1.82, 2.24) is 0 Å². The van der Waals surface area contributed by atoms with E-state index in [4.69, 9.17) is 32.7 Å². The van der Waals surface area contributed by atoms with Gasteiger partial charge in [-0.25, -0.2) is 4.79 Å². The summed E-state index contributed by atoms with van der Waals surface area (Å²) in [6.45, 7) is 7.28. The Morgan fingerprint density at radius 3 is 2.59 bits per heavy atom. The quantitative estimate of drug-likeness (QED) is 0.622. The fraction of sp³-hybridized carbons (Fsp3) is 0.524. The van der Waals surface area contributed by atoms with Crippen LogP contribution in [0.4, 0.5) is 0 Å². The number of benzene rings is 1. The summed E-state index contributed by atoms with van der Waals surface area (Å²) in [5.41, 5.74) is 2.18. The maximum Gasteiger partial charge on any atom is 0.344 e. The van der Waals surface area contributed by atoms with E-state index in [9.17, 15) is 9.59 Å². The van der Waals surface area contributed by atoms with Crippen molar-refractivity contribution in [3.8, 4) is 5.75 Å². The van der Waals surface area contributed by atoms with Crippen molar-refractivity contribution in [1.29, 1.82) is 0 Å². The summed E-state index contributed by atoms with van der Waals surface area (Å²) >= 11 is 13.0. The van der Waals surface area contributed by atoms with Gasteiger partial charge in [0.15, 0.2) is 12.4 Å². The number of carbonyl (C=O) groups is 2. The molecule has 1 atom stereocenters. The van der Waals surface area contributed by atoms with Gasteiger partial charge in [-0.05, 0) is 63.3 Å². The fourth-order valence-corrected chi connectivity index (χ4v) is 4.48. The normalized spacial score (nSPS) is 21.4. The van der Waals surface area contributed by atoms with Gasteiger partial charge in [0.25, 0.3) is 0 Å². The highest BCUT2D eigenvalue weighted by Gasteiger charge is 2.44. The maximum atomic E-state index is 12.0. The van der Waals surface area contributed by atoms with Crippen LogP contribution in [0.5, 0.6) is 5.75 Å². The summed E-state index contributed by atoms with van der Waals surface area (Å²) in [5.74, 6) is 0.0182. The molecule has 0 saturated heterocycles. The molecular weight excluding hydrogens is 387 g/mol. The summed E-state index contributed by atoms with van der Waals surface area (Å²) in [5, 5.41) is 0.634. The predicted molar refractivity (Wildman–Crippen MR) is 106 cm³/mol. The van der Waals surface area contributed by atoms with Gasteiger partial charge >= 0.3 is 5.97 Å². The summed E-state index contributed by atoms with van der Waals surface area (Å²) in [7, 11) is 0. The minimum atomic E-state index is -0.581. The van der Waals surface area contributed by atoms with E-state index in [2.05, 4.69) is 6.92 Å². The van der Waals surface area contributed by atoms with E-state index in [1.165, 1.54) is 0 Å². The highest BCUT2D eigenvalue weighted by molar-refractivity contribution is 6.44. The van der Waals surface area contributed by atoms with Crippen molar-refractivity contribution in [2.45, 2.75) is 59.0 Å². The Bertz CT molecular complexity index is 836. The van der Waals surface area contributed by atoms with E-state index in [1.807, 2.05) is 6.07 Å². The smallest absolute Gasteiger partial charge is 0.344 e. The average molecular weight is 411 g/mol. The highest BCUT2D eigenvalue weighted by Crippen LogP contribution is 2.57. The Morgan fingerprint density at radius 2 is 1.96 bits per heavy atom. The molecule has 0 N–H and O–H groups in total. The summed E-state index contributed by atoms with van der Waals surface area (Å²) in [6.07, 6.45) is 4.80. The van der Waals surface area contributed by atoms with Crippen LogP contribution in [0, 0.1) is 5.41 Å². The molecule has 0 fully saturated rings. The number of carbonyl (C=O) groups excluding carboxylic acids is 2. The third kappa shape index (κ3) is 3.88. The van der Waals surface area contributed by atoms with E-state index in [1.54, 1.807) is 26.8 Å². The number of halogens is 2. The molecule has 0 aliphatic heterocycles. The van der Waals surface area contributed by atoms with Crippen LogP contribution in [0.3, 0.4) is 0 Å². The zero-order valence-electron chi connectivity index (χ0n) is 16.1. The molecule has 1 aromatic carbocycles. The molecule has 0 saturated carbocycles. The molecule has 2 aliphatic rings. The van der Waals surface area contributed by atoms with Crippen molar-refractivity contribution >= 4 is 40.5 Å². The molecule has 4 nitrogen and oxygen atoms in total. The zero-order chi connectivity index (χ0) is 20.0. The number of ketones is 1. The molecule has 0 bridgehead atoms. The number of rotatable bonds is 4. The molecule has 0 spiro atoms. The highest BCUT2D eigenvalue weighted by atomic mass is 35.5. The standard InChI is InChI=1S/C21H24Cl2O4/c1-5-21-7-6-13(24)9-14(21)17-12(10-21)8-15(18(22)19(17)23)26-11-16(25)27-20(2,3)4/h8-9H,5-7,10-11H2,1-4H3. The minimum Gasteiger partial charge on any atom is -0.480 e. The second-order valence-electron chi connectivity index (χ2n) is 8.25. The van der Waals surface area contributed by atoms with Crippen LogP contribution in [0.25, 0.3) is 5.57 Å². The Balaban J connectivity index is 1.91. The number of esters is 1. The third-order valence-electron chi connectivity index (χ3n) is 5.22. The first-order chi connectivity index (χ1) is 12.6. The van der Waals surface area contributed by atoms with Gasteiger partial charge in [0.05, 0.1) is 5.02 Å².